The number of carboxylic acids is 2. The molecule has 0 bridgehead atoms. The molecule has 3 aromatic rings. The van der Waals surface area contributed by atoms with Gasteiger partial charge in [0, 0.05) is 23.5 Å². The minimum atomic E-state index is -1.29. The predicted molar refractivity (Wildman–Crippen MR) is 182 cm³/mol. The number of nitro benzene ring substituents is 1. The van der Waals surface area contributed by atoms with Crippen molar-refractivity contribution in [2.45, 2.75) is 57.5 Å². The van der Waals surface area contributed by atoms with Gasteiger partial charge in [0.2, 0.25) is 11.8 Å². The summed E-state index contributed by atoms with van der Waals surface area (Å²) in [5.74, 6) is -4.11. The van der Waals surface area contributed by atoms with E-state index < -0.39 is 52.7 Å². The largest absolute Gasteiger partial charge is 0.480 e. The number of anilines is 2. The Kier molecular flexibility index (Phi) is 14.0. The van der Waals surface area contributed by atoms with E-state index in [0.29, 0.717) is 23.4 Å². The van der Waals surface area contributed by atoms with E-state index in [2.05, 4.69) is 21.3 Å². The zero-order valence-electron chi connectivity index (χ0n) is 27.0. The van der Waals surface area contributed by atoms with Gasteiger partial charge in [-0.2, -0.15) is 0 Å². The van der Waals surface area contributed by atoms with Gasteiger partial charge >= 0.3 is 18.0 Å². The molecule has 4 amide bonds. The number of nitrogens with one attached hydrogen (secondary N) is 4. The molecule has 14 heteroatoms. The predicted octanol–water partition coefficient (Wildman–Crippen LogP) is 5.09. The van der Waals surface area contributed by atoms with Crippen LogP contribution in [-0.4, -0.2) is 57.0 Å². The summed E-state index contributed by atoms with van der Waals surface area (Å²) >= 11 is 0. The zero-order chi connectivity index (χ0) is 35.9. The highest BCUT2D eigenvalue weighted by Gasteiger charge is 2.27. The molecule has 3 aromatic carbocycles. The first-order valence-corrected chi connectivity index (χ1v) is 15.5. The quantitative estimate of drug-likeness (QED) is 0.0638. The van der Waals surface area contributed by atoms with Crippen LogP contribution in [0.1, 0.15) is 50.2 Å². The molecule has 0 aliphatic rings. The van der Waals surface area contributed by atoms with Crippen LogP contribution in [0.4, 0.5) is 21.9 Å². The highest BCUT2D eigenvalue weighted by atomic mass is 16.6. The zero-order valence-corrected chi connectivity index (χ0v) is 27.0. The Bertz CT molecular complexity index is 1640. The van der Waals surface area contributed by atoms with Gasteiger partial charge < -0.3 is 31.5 Å². The number of urea groups is 1. The van der Waals surface area contributed by atoms with E-state index in [1.807, 2.05) is 13.8 Å². The number of amides is 4. The van der Waals surface area contributed by atoms with Crippen molar-refractivity contribution in [1.82, 2.24) is 10.6 Å². The van der Waals surface area contributed by atoms with Crippen LogP contribution >= 0.6 is 0 Å². The molecule has 0 fully saturated rings. The molecule has 3 atom stereocenters. The fourth-order valence-corrected chi connectivity index (χ4v) is 4.83. The summed E-state index contributed by atoms with van der Waals surface area (Å²) in [6, 6.07) is 17.6. The van der Waals surface area contributed by atoms with E-state index in [-0.39, 0.29) is 30.9 Å². The second-order valence-electron chi connectivity index (χ2n) is 11.7. The molecule has 0 aliphatic heterocycles. The first-order chi connectivity index (χ1) is 23.3. The summed E-state index contributed by atoms with van der Waals surface area (Å²) in [5.41, 5.74) is 1.98. The number of hydrogen-bond donors (Lipinski definition) is 6. The third-order valence-corrected chi connectivity index (χ3v) is 7.30. The lowest BCUT2D eigenvalue weighted by Crippen LogP contribution is -2.43. The Balaban J connectivity index is 1.59. The number of nitro groups is 1. The summed E-state index contributed by atoms with van der Waals surface area (Å²) in [4.78, 5) is 72.1. The Morgan fingerprint density at radius 2 is 1.27 bits per heavy atom. The summed E-state index contributed by atoms with van der Waals surface area (Å²) < 4.78 is 0. The molecule has 0 radical (unpaired) electrons. The van der Waals surface area contributed by atoms with E-state index in [1.165, 1.54) is 36.4 Å². The fourth-order valence-electron chi connectivity index (χ4n) is 4.83. The molecular formula is C35H39N5O9. The van der Waals surface area contributed by atoms with Crippen molar-refractivity contribution >= 4 is 46.8 Å². The van der Waals surface area contributed by atoms with Crippen LogP contribution in [0.5, 0.6) is 0 Å². The molecule has 0 aromatic heterocycles. The second kappa shape index (κ2) is 18.3. The van der Waals surface area contributed by atoms with Gasteiger partial charge in [-0.25, -0.2) is 14.4 Å². The van der Waals surface area contributed by atoms with Gasteiger partial charge in [0.15, 0.2) is 0 Å². The minimum absolute atomic E-state index is 0.0118. The summed E-state index contributed by atoms with van der Waals surface area (Å²) in [6.45, 7) is 3.85. The average Bonchev–Trinajstić information content (AvgIpc) is 3.05. The Morgan fingerprint density at radius 3 is 1.76 bits per heavy atom. The molecule has 3 rings (SSSR count). The summed E-state index contributed by atoms with van der Waals surface area (Å²) in [5, 5.41) is 40.4. The number of carbonyl (C=O) groups excluding carboxylic acids is 3. The fraction of sp³-hybridized carbons (Fsp3) is 0.286. The maximum absolute atomic E-state index is 13.4. The van der Waals surface area contributed by atoms with Crippen LogP contribution in [0.2, 0.25) is 0 Å². The van der Waals surface area contributed by atoms with Gasteiger partial charge in [0.05, 0.1) is 17.3 Å². The number of non-ortho nitro benzene ring substituents is 1. The van der Waals surface area contributed by atoms with Crippen LogP contribution in [0.25, 0.3) is 0 Å². The molecule has 258 valence electrons. The molecule has 49 heavy (non-hydrogen) atoms. The molecule has 0 aliphatic carbocycles. The number of hydrogen-bond acceptors (Lipinski definition) is 7. The van der Waals surface area contributed by atoms with Crippen molar-refractivity contribution in [3.05, 3.63) is 112 Å². The second-order valence-corrected chi connectivity index (χ2v) is 11.7. The van der Waals surface area contributed by atoms with E-state index in [9.17, 15) is 44.3 Å². The lowest BCUT2D eigenvalue weighted by atomic mass is 9.89. The first kappa shape index (κ1) is 37.4. The number of carbonyl (C=O) groups is 5. The van der Waals surface area contributed by atoms with Gasteiger partial charge in [-0.1, -0.05) is 68.5 Å². The van der Waals surface area contributed by atoms with Crippen LogP contribution in [0, 0.1) is 16.0 Å². The number of carboxylic acid groups (broad SMARTS) is 2. The van der Waals surface area contributed by atoms with E-state index in [4.69, 9.17) is 0 Å². The Labute approximate surface area is 282 Å². The molecule has 0 spiro atoms. The lowest BCUT2D eigenvalue weighted by Gasteiger charge is -2.22. The van der Waals surface area contributed by atoms with Gasteiger partial charge in [-0.3, -0.25) is 19.7 Å². The summed E-state index contributed by atoms with van der Waals surface area (Å²) in [6.07, 6.45) is 3.13. The molecule has 6 N–H and O–H groups in total. The molecular weight excluding hydrogens is 634 g/mol. The van der Waals surface area contributed by atoms with Crippen molar-refractivity contribution in [3.63, 3.8) is 0 Å². The molecule has 14 nitrogen and oxygen atoms in total. The van der Waals surface area contributed by atoms with Crippen molar-refractivity contribution in [2.75, 3.05) is 10.6 Å². The summed E-state index contributed by atoms with van der Waals surface area (Å²) in [7, 11) is 0. The first-order valence-electron chi connectivity index (χ1n) is 15.5. The van der Waals surface area contributed by atoms with Gasteiger partial charge in [-0.05, 0) is 60.6 Å². The maximum atomic E-state index is 13.4. The van der Waals surface area contributed by atoms with Crippen LogP contribution in [-0.2, 0) is 25.6 Å². The third kappa shape index (κ3) is 12.6. The number of aliphatic carboxylic acids is 2. The molecule has 0 saturated carbocycles. The molecule has 3 unspecified atom stereocenters. The highest BCUT2D eigenvalue weighted by Crippen LogP contribution is 2.26. The standard InChI is InChI=1S/C35H39N5O9/c1-22(2)20-28(24-12-14-25(15-13-24)36-35(47)37-26-16-18-27(19-17-26)40(48)49)32(42)39-30(34(45)46)11-7-6-10-29(33(43)44)38-31(41)21-23-8-4-3-5-9-23/h3-9,12-19,22,28-30H,10-11,20-21H2,1-2H3,(H,38,41)(H,39,42)(H,43,44)(H,45,46)(H2,36,37,47)/b7-6+. The van der Waals surface area contributed by atoms with Crippen LogP contribution in [0.3, 0.4) is 0 Å². The number of benzene rings is 3. The lowest BCUT2D eigenvalue weighted by molar-refractivity contribution is -0.384. The highest BCUT2D eigenvalue weighted by molar-refractivity contribution is 5.99. The van der Waals surface area contributed by atoms with Gasteiger partial charge in [0.1, 0.15) is 12.1 Å². The Morgan fingerprint density at radius 1 is 0.755 bits per heavy atom. The van der Waals surface area contributed by atoms with E-state index >= 15 is 0 Å². The van der Waals surface area contributed by atoms with Gasteiger partial charge in [-0.15, -0.1) is 0 Å². The SMILES string of the molecule is CC(C)CC(C(=O)NC(C/C=C/CC(NC(=O)Cc1ccccc1)C(=O)O)C(=O)O)c1ccc(NC(=O)Nc2ccc([N+](=O)[O-])cc2)cc1. The smallest absolute Gasteiger partial charge is 0.326 e. The van der Waals surface area contributed by atoms with Crippen LogP contribution in [0.15, 0.2) is 91.0 Å². The topological polar surface area (TPSA) is 217 Å². The van der Waals surface area contributed by atoms with Gasteiger partial charge in [0.25, 0.3) is 5.69 Å². The maximum Gasteiger partial charge on any atom is 0.326 e. The van der Waals surface area contributed by atoms with Crippen molar-refractivity contribution in [1.29, 1.82) is 0 Å². The van der Waals surface area contributed by atoms with Crippen molar-refractivity contribution in [3.8, 4) is 0 Å². The average molecular weight is 674 g/mol. The van der Waals surface area contributed by atoms with E-state index in [0.717, 1.165) is 5.56 Å². The number of nitrogens with zero attached hydrogens (tertiary/aromatic N) is 1. The van der Waals surface area contributed by atoms with E-state index in [1.54, 1.807) is 54.6 Å². The monoisotopic (exact) mass is 673 g/mol. The number of rotatable bonds is 17. The molecule has 0 saturated heterocycles. The van der Waals surface area contributed by atoms with Crippen molar-refractivity contribution in [2.24, 2.45) is 5.92 Å². The van der Waals surface area contributed by atoms with Crippen molar-refractivity contribution < 1.29 is 39.1 Å². The minimum Gasteiger partial charge on any atom is -0.480 e. The normalized spacial score (nSPS) is 12.8. The third-order valence-electron chi connectivity index (χ3n) is 7.30. The van der Waals surface area contributed by atoms with Crippen LogP contribution < -0.4 is 21.3 Å². The Hall–Kier alpha value is -6.05. The molecule has 0 heterocycles.